The van der Waals surface area contributed by atoms with E-state index in [2.05, 4.69) is 24.3 Å². The highest BCUT2D eigenvalue weighted by Gasteiger charge is 1.94. The Morgan fingerprint density at radius 2 is 1.14 bits per heavy atom. The first-order chi connectivity index (χ1) is 10.9. The van der Waals surface area contributed by atoms with Crippen LogP contribution in [0.2, 0.25) is 0 Å². The van der Waals surface area contributed by atoms with Gasteiger partial charge < -0.3 is 24.7 Å². The summed E-state index contributed by atoms with van der Waals surface area (Å²) in [7, 11) is 0. The molecular weight excluding hydrogens is 282 g/mol. The number of benzene rings is 1. The van der Waals surface area contributed by atoms with Crippen LogP contribution in [-0.4, -0.2) is 59.4 Å². The van der Waals surface area contributed by atoms with E-state index >= 15 is 0 Å². The molecule has 0 aliphatic carbocycles. The number of aryl methyl sites for hydroxylation is 1. The van der Waals surface area contributed by atoms with E-state index in [1.165, 1.54) is 5.56 Å². The summed E-state index contributed by atoms with van der Waals surface area (Å²) < 4.78 is 21.5. The summed E-state index contributed by atoms with van der Waals surface area (Å²) in [4.78, 5) is 0. The van der Waals surface area contributed by atoms with E-state index in [1.807, 2.05) is 6.07 Å². The maximum atomic E-state index is 5.53. The van der Waals surface area contributed by atoms with Gasteiger partial charge in [-0.25, -0.2) is 0 Å². The van der Waals surface area contributed by atoms with Crippen LogP contribution in [0.5, 0.6) is 0 Å². The van der Waals surface area contributed by atoms with E-state index in [1.54, 1.807) is 0 Å². The van der Waals surface area contributed by atoms with Gasteiger partial charge in [-0.05, 0) is 18.4 Å². The molecule has 0 saturated heterocycles. The third-order valence-electron chi connectivity index (χ3n) is 2.98. The molecule has 1 rings (SSSR count). The zero-order valence-corrected chi connectivity index (χ0v) is 13.4. The largest absolute Gasteiger partial charge is 0.379 e. The summed E-state index contributed by atoms with van der Waals surface area (Å²) >= 11 is 0. The summed E-state index contributed by atoms with van der Waals surface area (Å²) in [6.07, 6.45) is 2.09. The molecule has 0 aliphatic heterocycles. The summed E-state index contributed by atoms with van der Waals surface area (Å²) in [5.41, 5.74) is 6.66. The first-order valence-electron chi connectivity index (χ1n) is 7.98. The summed E-state index contributed by atoms with van der Waals surface area (Å²) in [6, 6.07) is 10.5. The molecule has 1 aromatic rings. The molecule has 1 aromatic carbocycles. The molecule has 0 fully saturated rings. The average Bonchev–Trinajstić information content (AvgIpc) is 2.56. The van der Waals surface area contributed by atoms with Crippen molar-refractivity contribution < 1.29 is 18.9 Å². The topological polar surface area (TPSA) is 62.9 Å². The van der Waals surface area contributed by atoms with Crippen molar-refractivity contribution in [2.24, 2.45) is 5.73 Å². The SMILES string of the molecule is NCCOCCOCCOCCOCCCc1ccccc1. The number of rotatable bonds is 15. The molecule has 5 heteroatoms. The molecule has 0 saturated carbocycles. The van der Waals surface area contributed by atoms with Crippen LogP contribution in [0.3, 0.4) is 0 Å². The van der Waals surface area contributed by atoms with Crippen molar-refractivity contribution in [2.45, 2.75) is 12.8 Å². The standard InChI is InChI=1S/C17H29NO4/c18-8-10-20-12-14-22-16-15-21-13-11-19-9-4-7-17-5-2-1-3-6-17/h1-3,5-6H,4,7-16,18H2. The molecule has 0 amide bonds. The lowest BCUT2D eigenvalue weighted by molar-refractivity contribution is -0.00118. The quantitative estimate of drug-likeness (QED) is 0.499. The molecule has 5 nitrogen and oxygen atoms in total. The van der Waals surface area contributed by atoms with Crippen LogP contribution in [0.25, 0.3) is 0 Å². The Hall–Kier alpha value is -0.980. The Bertz CT molecular complexity index is 335. The maximum absolute atomic E-state index is 5.53. The van der Waals surface area contributed by atoms with Crippen molar-refractivity contribution in [3.8, 4) is 0 Å². The third kappa shape index (κ3) is 11.7. The molecule has 0 radical (unpaired) electrons. The van der Waals surface area contributed by atoms with Gasteiger partial charge in [0.1, 0.15) is 0 Å². The molecule has 0 bridgehead atoms. The lowest BCUT2D eigenvalue weighted by Crippen LogP contribution is -2.14. The van der Waals surface area contributed by atoms with Gasteiger partial charge in [0.05, 0.1) is 46.2 Å². The van der Waals surface area contributed by atoms with E-state index in [9.17, 15) is 0 Å². The number of hydrogen-bond donors (Lipinski definition) is 1. The minimum absolute atomic E-state index is 0.550. The van der Waals surface area contributed by atoms with Crippen molar-refractivity contribution in [3.63, 3.8) is 0 Å². The first kappa shape index (κ1) is 19.1. The van der Waals surface area contributed by atoms with Crippen molar-refractivity contribution >= 4 is 0 Å². The minimum atomic E-state index is 0.550. The molecule has 0 unspecified atom stereocenters. The van der Waals surface area contributed by atoms with Gasteiger partial charge >= 0.3 is 0 Å². The van der Waals surface area contributed by atoms with Crippen LogP contribution in [0, 0.1) is 0 Å². The Morgan fingerprint density at radius 3 is 1.68 bits per heavy atom. The smallest absolute Gasteiger partial charge is 0.0701 e. The zero-order valence-electron chi connectivity index (χ0n) is 13.4. The van der Waals surface area contributed by atoms with Gasteiger partial charge in [-0.2, -0.15) is 0 Å². The molecule has 22 heavy (non-hydrogen) atoms. The second kappa shape index (κ2) is 14.9. The molecule has 126 valence electrons. The van der Waals surface area contributed by atoms with E-state index in [4.69, 9.17) is 24.7 Å². The highest BCUT2D eigenvalue weighted by atomic mass is 16.6. The Morgan fingerprint density at radius 1 is 0.636 bits per heavy atom. The lowest BCUT2D eigenvalue weighted by atomic mass is 10.1. The summed E-state index contributed by atoms with van der Waals surface area (Å²) in [6.45, 7) is 5.49. The third-order valence-corrected chi connectivity index (χ3v) is 2.98. The first-order valence-corrected chi connectivity index (χ1v) is 7.98. The van der Waals surface area contributed by atoms with Gasteiger partial charge in [0.2, 0.25) is 0 Å². The van der Waals surface area contributed by atoms with Crippen LogP contribution in [0.1, 0.15) is 12.0 Å². The molecule has 0 aliphatic rings. The molecule has 2 N–H and O–H groups in total. The van der Waals surface area contributed by atoms with Gasteiger partial charge in [0, 0.05) is 13.2 Å². The van der Waals surface area contributed by atoms with E-state index in [0.29, 0.717) is 52.8 Å². The van der Waals surface area contributed by atoms with Gasteiger partial charge in [0.15, 0.2) is 0 Å². The van der Waals surface area contributed by atoms with Crippen LogP contribution < -0.4 is 5.73 Å². The fourth-order valence-corrected chi connectivity index (χ4v) is 1.87. The van der Waals surface area contributed by atoms with Gasteiger partial charge in [-0.3, -0.25) is 0 Å². The average molecular weight is 311 g/mol. The van der Waals surface area contributed by atoms with Crippen LogP contribution in [0.4, 0.5) is 0 Å². The van der Waals surface area contributed by atoms with E-state index < -0.39 is 0 Å². The number of hydrogen-bond acceptors (Lipinski definition) is 5. The normalized spacial score (nSPS) is 11.0. The van der Waals surface area contributed by atoms with Crippen LogP contribution in [-0.2, 0) is 25.4 Å². The van der Waals surface area contributed by atoms with Gasteiger partial charge in [-0.1, -0.05) is 30.3 Å². The zero-order chi connectivity index (χ0) is 15.7. The van der Waals surface area contributed by atoms with Gasteiger partial charge in [0.25, 0.3) is 0 Å². The molecule has 0 aromatic heterocycles. The predicted molar refractivity (Wildman–Crippen MR) is 87.1 cm³/mol. The highest BCUT2D eigenvalue weighted by Crippen LogP contribution is 2.02. The Labute approximate surface area is 133 Å². The monoisotopic (exact) mass is 311 g/mol. The molecular formula is C17H29NO4. The predicted octanol–water partition coefficient (Wildman–Crippen LogP) is 1.64. The van der Waals surface area contributed by atoms with Crippen molar-refractivity contribution in [3.05, 3.63) is 35.9 Å². The second-order valence-corrected chi connectivity index (χ2v) is 4.83. The van der Waals surface area contributed by atoms with Crippen molar-refractivity contribution in [2.75, 3.05) is 59.4 Å². The van der Waals surface area contributed by atoms with Crippen LogP contribution >= 0.6 is 0 Å². The van der Waals surface area contributed by atoms with Gasteiger partial charge in [-0.15, -0.1) is 0 Å². The summed E-state index contributed by atoms with van der Waals surface area (Å²) in [5.74, 6) is 0. The Balaban J connectivity index is 1.73. The van der Waals surface area contributed by atoms with Crippen molar-refractivity contribution in [1.29, 1.82) is 0 Å². The lowest BCUT2D eigenvalue weighted by Gasteiger charge is -2.07. The molecule has 0 spiro atoms. The number of ether oxygens (including phenoxy) is 4. The Kier molecular flexibility index (Phi) is 12.9. The fourth-order valence-electron chi connectivity index (χ4n) is 1.87. The molecule has 0 heterocycles. The maximum Gasteiger partial charge on any atom is 0.0701 e. The van der Waals surface area contributed by atoms with E-state index in [-0.39, 0.29) is 0 Å². The van der Waals surface area contributed by atoms with Crippen molar-refractivity contribution in [1.82, 2.24) is 0 Å². The van der Waals surface area contributed by atoms with Crippen LogP contribution in [0.15, 0.2) is 30.3 Å². The second-order valence-electron chi connectivity index (χ2n) is 4.83. The summed E-state index contributed by atoms with van der Waals surface area (Å²) in [5, 5.41) is 0. The molecule has 0 atom stereocenters. The highest BCUT2D eigenvalue weighted by molar-refractivity contribution is 5.14. The minimum Gasteiger partial charge on any atom is -0.379 e. The fraction of sp³-hybridized carbons (Fsp3) is 0.647. The van der Waals surface area contributed by atoms with E-state index in [0.717, 1.165) is 19.4 Å². The number of nitrogens with two attached hydrogens (primary N) is 1.